The molecular formula is C16H20N2O3. The molecule has 1 aliphatic rings. The van der Waals surface area contributed by atoms with E-state index < -0.39 is 0 Å². The molecule has 0 radical (unpaired) electrons. The SMILES string of the molecule is CN(C)C(=O)c1ccc(C(=O)N[C@@H]2C=C[C@H](CO)C2)cc1. The Morgan fingerprint density at radius 2 is 1.81 bits per heavy atom. The molecule has 2 N–H and O–H groups in total. The van der Waals surface area contributed by atoms with Gasteiger partial charge >= 0.3 is 0 Å². The highest BCUT2D eigenvalue weighted by molar-refractivity contribution is 5.97. The maximum absolute atomic E-state index is 12.1. The number of benzene rings is 1. The molecule has 0 saturated heterocycles. The molecular weight excluding hydrogens is 268 g/mol. The van der Waals surface area contributed by atoms with Crippen LogP contribution in [0.5, 0.6) is 0 Å². The summed E-state index contributed by atoms with van der Waals surface area (Å²) in [7, 11) is 3.37. The molecule has 112 valence electrons. The lowest BCUT2D eigenvalue weighted by molar-refractivity contribution is 0.0826. The third-order valence-electron chi connectivity index (χ3n) is 3.52. The van der Waals surface area contributed by atoms with Gasteiger partial charge in [0.05, 0.1) is 0 Å². The molecule has 0 unspecified atom stereocenters. The van der Waals surface area contributed by atoms with Crippen molar-refractivity contribution in [3.63, 3.8) is 0 Å². The largest absolute Gasteiger partial charge is 0.396 e. The summed E-state index contributed by atoms with van der Waals surface area (Å²) >= 11 is 0. The van der Waals surface area contributed by atoms with Crippen molar-refractivity contribution >= 4 is 11.8 Å². The monoisotopic (exact) mass is 288 g/mol. The Kier molecular flexibility index (Phi) is 4.75. The van der Waals surface area contributed by atoms with Crippen LogP contribution in [0.3, 0.4) is 0 Å². The van der Waals surface area contributed by atoms with Gasteiger partial charge in [-0.2, -0.15) is 0 Å². The van der Waals surface area contributed by atoms with E-state index in [-0.39, 0.29) is 30.4 Å². The Bertz CT molecular complexity index is 549. The Balaban J connectivity index is 1.97. The van der Waals surface area contributed by atoms with Gasteiger partial charge in [0.25, 0.3) is 11.8 Å². The third kappa shape index (κ3) is 3.70. The molecule has 5 heteroatoms. The summed E-state index contributed by atoms with van der Waals surface area (Å²) in [5.74, 6) is -0.144. The number of hydrogen-bond acceptors (Lipinski definition) is 3. The standard InChI is InChI=1S/C16H20N2O3/c1-18(2)16(21)13-6-4-12(5-7-13)15(20)17-14-8-3-11(9-14)10-19/h3-8,11,14,19H,9-10H2,1-2H3,(H,17,20)/t11-,14+/m0/s1. The van der Waals surface area contributed by atoms with Crippen LogP contribution in [0.4, 0.5) is 0 Å². The van der Waals surface area contributed by atoms with Crippen molar-refractivity contribution in [3.8, 4) is 0 Å². The molecule has 2 amide bonds. The van der Waals surface area contributed by atoms with Crippen LogP contribution in [-0.4, -0.2) is 48.6 Å². The lowest BCUT2D eigenvalue weighted by atomic mass is 10.1. The van der Waals surface area contributed by atoms with Crippen molar-refractivity contribution in [1.29, 1.82) is 0 Å². The molecule has 1 aromatic carbocycles. The van der Waals surface area contributed by atoms with Crippen LogP contribution in [0.1, 0.15) is 27.1 Å². The fraction of sp³-hybridized carbons (Fsp3) is 0.375. The van der Waals surface area contributed by atoms with Crippen LogP contribution < -0.4 is 5.32 Å². The molecule has 0 heterocycles. The molecule has 0 bridgehead atoms. The predicted molar refractivity (Wildman–Crippen MR) is 80.0 cm³/mol. The van der Waals surface area contributed by atoms with Crippen molar-refractivity contribution in [3.05, 3.63) is 47.5 Å². The lowest BCUT2D eigenvalue weighted by Gasteiger charge is -2.13. The van der Waals surface area contributed by atoms with Crippen LogP contribution >= 0.6 is 0 Å². The number of rotatable bonds is 4. The Morgan fingerprint density at radius 3 is 2.33 bits per heavy atom. The summed E-state index contributed by atoms with van der Waals surface area (Å²) in [6.45, 7) is 0.101. The van der Waals surface area contributed by atoms with Crippen LogP contribution in [0.2, 0.25) is 0 Å². The van der Waals surface area contributed by atoms with E-state index in [4.69, 9.17) is 5.11 Å². The highest BCUT2D eigenvalue weighted by Crippen LogP contribution is 2.17. The van der Waals surface area contributed by atoms with Gasteiger partial charge in [-0.25, -0.2) is 0 Å². The quantitative estimate of drug-likeness (QED) is 0.814. The van der Waals surface area contributed by atoms with Crippen molar-refractivity contribution in [1.82, 2.24) is 10.2 Å². The normalized spacial score (nSPS) is 20.3. The molecule has 0 fully saturated rings. The number of carbonyl (C=O) groups excluding carboxylic acids is 2. The fourth-order valence-electron chi connectivity index (χ4n) is 2.29. The summed E-state index contributed by atoms with van der Waals surface area (Å²) in [5, 5.41) is 12.0. The highest BCUT2D eigenvalue weighted by atomic mass is 16.3. The summed E-state index contributed by atoms with van der Waals surface area (Å²) in [5.41, 5.74) is 1.07. The second-order valence-electron chi connectivity index (χ2n) is 5.42. The van der Waals surface area contributed by atoms with Crippen molar-refractivity contribution < 1.29 is 14.7 Å². The zero-order valence-corrected chi connectivity index (χ0v) is 12.2. The second-order valence-corrected chi connectivity index (χ2v) is 5.42. The summed E-state index contributed by atoms with van der Waals surface area (Å²) in [6, 6.07) is 6.55. The van der Waals surface area contributed by atoms with E-state index in [1.807, 2.05) is 12.2 Å². The maximum Gasteiger partial charge on any atom is 0.253 e. The van der Waals surface area contributed by atoms with E-state index in [1.54, 1.807) is 38.4 Å². The first-order valence-corrected chi connectivity index (χ1v) is 6.93. The van der Waals surface area contributed by atoms with Gasteiger partial charge in [-0.15, -0.1) is 0 Å². The molecule has 0 spiro atoms. The summed E-state index contributed by atoms with van der Waals surface area (Å²) < 4.78 is 0. The number of nitrogens with zero attached hydrogens (tertiary/aromatic N) is 1. The van der Waals surface area contributed by atoms with E-state index in [0.717, 1.165) is 6.42 Å². The highest BCUT2D eigenvalue weighted by Gasteiger charge is 2.20. The molecule has 5 nitrogen and oxygen atoms in total. The molecule has 0 aromatic heterocycles. The number of hydrogen-bond donors (Lipinski definition) is 2. The number of nitrogens with one attached hydrogen (secondary N) is 1. The van der Waals surface area contributed by atoms with E-state index in [1.165, 1.54) is 4.90 Å². The topological polar surface area (TPSA) is 69.6 Å². The average Bonchev–Trinajstić information content (AvgIpc) is 2.94. The average molecular weight is 288 g/mol. The first-order valence-electron chi connectivity index (χ1n) is 6.93. The fourth-order valence-corrected chi connectivity index (χ4v) is 2.29. The first-order chi connectivity index (χ1) is 10.0. The van der Waals surface area contributed by atoms with Gasteiger partial charge in [0.15, 0.2) is 0 Å². The van der Waals surface area contributed by atoms with Crippen molar-refractivity contribution in [2.45, 2.75) is 12.5 Å². The number of amides is 2. The second kappa shape index (κ2) is 6.54. The maximum atomic E-state index is 12.1. The van der Waals surface area contributed by atoms with E-state index in [9.17, 15) is 9.59 Å². The molecule has 0 aliphatic heterocycles. The zero-order chi connectivity index (χ0) is 15.4. The van der Waals surface area contributed by atoms with Gasteiger partial charge in [-0.3, -0.25) is 9.59 Å². The van der Waals surface area contributed by atoms with E-state index in [0.29, 0.717) is 11.1 Å². The molecule has 1 aliphatic carbocycles. The molecule has 2 atom stereocenters. The van der Waals surface area contributed by atoms with Gasteiger partial charge < -0.3 is 15.3 Å². The first kappa shape index (κ1) is 15.3. The minimum absolute atomic E-state index is 0.0438. The van der Waals surface area contributed by atoms with Gasteiger partial charge in [0.2, 0.25) is 0 Å². The molecule has 1 aromatic rings. The summed E-state index contributed by atoms with van der Waals surface area (Å²) in [6.07, 6.45) is 4.55. The third-order valence-corrected chi connectivity index (χ3v) is 3.52. The summed E-state index contributed by atoms with van der Waals surface area (Å²) in [4.78, 5) is 25.4. The van der Waals surface area contributed by atoms with Crippen LogP contribution in [0.25, 0.3) is 0 Å². The zero-order valence-electron chi connectivity index (χ0n) is 12.2. The molecule has 2 rings (SSSR count). The number of aliphatic hydroxyl groups is 1. The van der Waals surface area contributed by atoms with Gasteiger partial charge in [0.1, 0.15) is 0 Å². The molecule has 0 saturated carbocycles. The smallest absolute Gasteiger partial charge is 0.253 e. The number of aliphatic hydroxyl groups excluding tert-OH is 1. The Hall–Kier alpha value is -2.14. The van der Waals surface area contributed by atoms with Gasteiger partial charge in [-0.1, -0.05) is 12.2 Å². The Morgan fingerprint density at radius 1 is 1.19 bits per heavy atom. The lowest BCUT2D eigenvalue weighted by Crippen LogP contribution is -2.33. The predicted octanol–water partition coefficient (Wildman–Crippen LogP) is 1.06. The van der Waals surface area contributed by atoms with Crippen molar-refractivity contribution in [2.24, 2.45) is 5.92 Å². The van der Waals surface area contributed by atoms with Gasteiger partial charge in [0, 0.05) is 43.8 Å². The van der Waals surface area contributed by atoms with Gasteiger partial charge in [-0.05, 0) is 30.7 Å². The number of carbonyl (C=O) groups is 2. The van der Waals surface area contributed by atoms with Crippen LogP contribution in [0.15, 0.2) is 36.4 Å². The van der Waals surface area contributed by atoms with E-state index >= 15 is 0 Å². The minimum Gasteiger partial charge on any atom is -0.396 e. The minimum atomic E-state index is -0.174. The van der Waals surface area contributed by atoms with E-state index in [2.05, 4.69) is 5.32 Å². The molecule has 21 heavy (non-hydrogen) atoms. The van der Waals surface area contributed by atoms with Crippen molar-refractivity contribution in [2.75, 3.05) is 20.7 Å². The van der Waals surface area contributed by atoms with Crippen LogP contribution in [-0.2, 0) is 0 Å². The van der Waals surface area contributed by atoms with Crippen LogP contribution in [0, 0.1) is 5.92 Å². The Labute approximate surface area is 124 Å².